The lowest BCUT2D eigenvalue weighted by molar-refractivity contribution is 0.122. The zero-order chi connectivity index (χ0) is 15.8. The summed E-state index contributed by atoms with van der Waals surface area (Å²) in [6, 6.07) is 3.63. The zero-order valence-corrected chi connectivity index (χ0v) is 12.1. The van der Waals surface area contributed by atoms with Gasteiger partial charge in [-0.2, -0.15) is 5.10 Å². The summed E-state index contributed by atoms with van der Waals surface area (Å²) in [6.45, 7) is 2.76. The second-order valence-corrected chi connectivity index (χ2v) is 5.19. The van der Waals surface area contributed by atoms with Crippen LogP contribution in [0.1, 0.15) is 0 Å². The first-order valence-corrected chi connectivity index (χ1v) is 7.21. The molecule has 0 aliphatic carbocycles. The number of anilines is 1. The Labute approximate surface area is 130 Å². The molecule has 1 fully saturated rings. The van der Waals surface area contributed by atoms with Crippen molar-refractivity contribution in [1.82, 2.24) is 19.7 Å². The number of halogens is 2. The second-order valence-electron chi connectivity index (χ2n) is 5.19. The van der Waals surface area contributed by atoms with Crippen LogP contribution >= 0.6 is 0 Å². The maximum Gasteiger partial charge on any atom is 0.168 e. The molecule has 0 saturated carbocycles. The largest absolute Gasteiger partial charge is 0.378 e. The fourth-order valence-corrected chi connectivity index (χ4v) is 2.66. The highest BCUT2D eigenvalue weighted by atomic mass is 19.2. The van der Waals surface area contributed by atoms with Crippen molar-refractivity contribution in [2.24, 2.45) is 0 Å². The van der Waals surface area contributed by atoms with E-state index in [1.54, 1.807) is 6.20 Å². The van der Waals surface area contributed by atoms with Crippen molar-refractivity contribution in [1.29, 1.82) is 0 Å². The van der Waals surface area contributed by atoms with Gasteiger partial charge in [-0.05, 0) is 12.1 Å². The van der Waals surface area contributed by atoms with Crippen LogP contribution in [0.3, 0.4) is 0 Å². The van der Waals surface area contributed by atoms with E-state index in [-0.39, 0.29) is 0 Å². The molecule has 0 radical (unpaired) electrons. The smallest absolute Gasteiger partial charge is 0.168 e. The van der Waals surface area contributed by atoms with E-state index < -0.39 is 11.6 Å². The minimum atomic E-state index is -0.923. The van der Waals surface area contributed by atoms with Crippen molar-refractivity contribution in [2.75, 3.05) is 31.2 Å². The van der Waals surface area contributed by atoms with Crippen molar-refractivity contribution in [2.45, 2.75) is 0 Å². The number of benzene rings is 1. The van der Waals surface area contributed by atoms with Crippen molar-refractivity contribution in [3.63, 3.8) is 0 Å². The summed E-state index contributed by atoms with van der Waals surface area (Å²) in [4.78, 5) is 10.7. The summed E-state index contributed by atoms with van der Waals surface area (Å²) in [5.74, 6) is -1.05. The molecule has 1 aromatic carbocycles. The predicted molar refractivity (Wildman–Crippen MR) is 79.6 cm³/mol. The van der Waals surface area contributed by atoms with E-state index in [9.17, 15) is 8.78 Å². The van der Waals surface area contributed by atoms with E-state index in [4.69, 9.17) is 4.74 Å². The van der Waals surface area contributed by atoms with Gasteiger partial charge >= 0.3 is 0 Å². The molecule has 0 N–H and O–H groups in total. The van der Waals surface area contributed by atoms with E-state index >= 15 is 0 Å². The van der Waals surface area contributed by atoms with Crippen LogP contribution in [0.4, 0.5) is 14.6 Å². The lowest BCUT2D eigenvalue weighted by Gasteiger charge is -2.27. The van der Waals surface area contributed by atoms with Gasteiger partial charge in [-0.25, -0.2) is 23.4 Å². The Bertz CT molecular complexity index is 860. The Kier molecular flexibility index (Phi) is 3.38. The first kappa shape index (κ1) is 14.0. The zero-order valence-electron chi connectivity index (χ0n) is 12.1. The van der Waals surface area contributed by atoms with Crippen molar-refractivity contribution < 1.29 is 13.5 Å². The van der Waals surface area contributed by atoms with Crippen LogP contribution in [0.15, 0.2) is 30.7 Å². The van der Waals surface area contributed by atoms with E-state index in [1.165, 1.54) is 17.1 Å². The molecule has 1 saturated heterocycles. The molecule has 6 nitrogen and oxygen atoms in total. The molecule has 0 spiro atoms. The van der Waals surface area contributed by atoms with Crippen LogP contribution in [0.25, 0.3) is 16.7 Å². The highest BCUT2D eigenvalue weighted by Crippen LogP contribution is 2.25. The van der Waals surface area contributed by atoms with E-state index in [2.05, 4.69) is 20.0 Å². The minimum Gasteiger partial charge on any atom is -0.378 e. The molecular weight excluding hydrogens is 304 g/mol. The number of morpholine rings is 1. The van der Waals surface area contributed by atoms with E-state index in [1.807, 2.05) is 0 Å². The standard InChI is InChI=1S/C15H13F2N5O/c16-12-2-1-10(7-13(12)17)22-15-11(8-20-22)14(18-9-19-15)21-3-5-23-6-4-21/h1-2,7-9H,3-6H2. The molecule has 3 heterocycles. The average Bonchev–Trinajstić information content (AvgIpc) is 3.02. The summed E-state index contributed by atoms with van der Waals surface area (Å²) in [7, 11) is 0. The Morgan fingerprint density at radius 1 is 1.04 bits per heavy atom. The van der Waals surface area contributed by atoms with Gasteiger partial charge in [0.25, 0.3) is 0 Å². The quantitative estimate of drug-likeness (QED) is 0.723. The summed E-state index contributed by atoms with van der Waals surface area (Å²) in [6.07, 6.45) is 3.09. The SMILES string of the molecule is Fc1ccc(-n2ncc3c(N4CCOCC4)ncnc32)cc1F. The molecule has 2 aromatic heterocycles. The third kappa shape index (κ3) is 2.40. The third-order valence-electron chi connectivity index (χ3n) is 3.80. The number of rotatable bonds is 2. The Balaban J connectivity index is 1.82. The summed E-state index contributed by atoms with van der Waals surface area (Å²) in [5.41, 5.74) is 0.957. The number of aromatic nitrogens is 4. The van der Waals surface area contributed by atoms with Crippen LogP contribution in [0.5, 0.6) is 0 Å². The number of hydrogen-bond donors (Lipinski definition) is 0. The van der Waals surface area contributed by atoms with Crippen LogP contribution < -0.4 is 4.90 Å². The van der Waals surface area contributed by atoms with Crippen LogP contribution in [-0.4, -0.2) is 46.1 Å². The van der Waals surface area contributed by atoms with E-state index in [0.29, 0.717) is 24.5 Å². The molecule has 0 atom stereocenters. The third-order valence-corrected chi connectivity index (χ3v) is 3.80. The van der Waals surface area contributed by atoms with Crippen molar-refractivity contribution >= 4 is 16.9 Å². The molecule has 1 aliphatic rings. The summed E-state index contributed by atoms with van der Waals surface area (Å²) >= 11 is 0. The summed E-state index contributed by atoms with van der Waals surface area (Å²) < 4.78 is 33.4. The predicted octanol–water partition coefficient (Wildman–Crippen LogP) is 1.93. The minimum absolute atomic E-state index is 0.408. The van der Waals surface area contributed by atoms with Gasteiger partial charge in [0.15, 0.2) is 17.3 Å². The van der Waals surface area contributed by atoms with Gasteiger partial charge in [0.1, 0.15) is 12.1 Å². The molecule has 1 aliphatic heterocycles. The maximum absolute atomic E-state index is 13.5. The molecular formula is C15H13F2N5O. The number of hydrogen-bond acceptors (Lipinski definition) is 5. The Morgan fingerprint density at radius 3 is 2.65 bits per heavy atom. The molecule has 0 unspecified atom stereocenters. The van der Waals surface area contributed by atoms with Gasteiger partial charge in [-0.1, -0.05) is 0 Å². The number of fused-ring (bicyclic) bond motifs is 1. The maximum atomic E-state index is 13.5. The molecule has 118 valence electrons. The van der Waals surface area contributed by atoms with Crippen LogP contribution in [0.2, 0.25) is 0 Å². The summed E-state index contributed by atoms with van der Waals surface area (Å²) in [5, 5.41) is 5.02. The topological polar surface area (TPSA) is 56.1 Å². The van der Waals surface area contributed by atoms with Gasteiger partial charge in [0, 0.05) is 19.2 Å². The van der Waals surface area contributed by atoms with Crippen LogP contribution in [-0.2, 0) is 4.74 Å². The average molecular weight is 317 g/mol. The first-order chi connectivity index (χ1) is 11.2. The molecule has 4 rings (SSSR count). The normalized spacial score (nSPS) is 15.3. The molecule has 0 amide bonds. The van der Waals surface area contributed by atoms with Crippen molar-refractivity contribution in [3.8, 4) is 5.69 Å². The Morgan fingerprint density at radius 2 is 1.87 bits per heavy atom. The van der Waals surface area contributed by atoms with Crippen molar-refractivity contribution in [3.05, 3.63) is 42.4 Å². The molecule has 0 bridgehead atoms. The fraction of sp³-hybridized carbons (Fsp3) is 0.267. The Hall–Kier alpha value is -2.61. The first-order valence-electron chi connectivity index (χ1n) is 7.21. The van der Waals surface area contributed by atoms with Gasteiger partial charge in [0.2, 0.25) is 0 Å². The fourth-order valence-electron chi connectivity index (χ4n) is 2.66. The molecule has 8 heteroatoms. The number of ether oxygens (including phenoxy) is 1. The number of nitrogens with zero attached hydrogens (tertiary/aromatic N) is 5. The molecule has 3 aromatic rings. The monoisotopic (exact) mass is 317 g/mol. The van der Waals surface area contributed by atoms with Gasteiger partial charge in [0.05, 0.1) is 30.5 Å². The van der Waals surface area contributed by atoms with E-state index in [0.717, 1.165) is 36.4 Å². The second kappa shape index (κ2) is 5.54. The highest BCUT2D eigenvalue weighted by Gasteiger charge is 2.18. The van der Waals surface area contributed by atoms with Gasteiger partial charge < -0.3 is 9.64 Å². The van der Waals surface area contributed by atoms with Gasteiger partial charge in [-0.15, -0.1) is 0 Å². The lowest BCUT2D eigenvalue weighted by atomic mass is 10.3. The molecule has 23 heavy (non-hydrogen) atoms. The lowest BCUT2D eigenvalue weighted by Crippen LogP contribution is -2.36. The van der Waals surface area contributed by atoms with Gasteiger partial charge in [-0.3, -0.25) is 0 Å². The highest BCUT2D eigenvalue weighted by molar-refractivity contribution is 5.87. The van der Waals surface area contributed by atoms with Crippen LogP contribution in [0, 0.1) is 11.6 Å².